The summed E-state index contributed by atoms with van der Waals surface area (Å²) in [4.78, 5) is 13.6. The van der Waals surface area contributed by atoms with Gasteiger partial charge in [0.25, 0.3) is 0 Å². The van der Waals surface area contributed by atoms with Crippen LogP contribution in [0.25, 0.3) is 6.08 Å². The quantitative estimate of drug-likeness (QED) is 0.768. The van der Waals surface area contributed by atoms with Crippen LogP contribution >= 0.6 is 0 Å². The van der Waals surface area contributed by atoms with E-state index in [0.717, 1.165) is 19.4 Å². The third-order valence-corrected chi connectivity index (χ3v) is 3.50. The van der Waals surface area contributed by atoms with E-state index in [1.807, 2.05) is 20.8 Å². The summed E-state index contributed by atoms with van der Waals surface area (Å²) in [6.45, 7) is 8.63. The number of rotatable bonds is 4. The van der Waals surface area contributed by atoms with E-state index in [9.17, 15) is 4.79 Å². The van der Waals surface area contributed by atoms with Crippen molar-refractivity contribution in [2.24, 2.45) is 0 Å². The lowest BCUT2D eigenvalue weighted by molar-refractivity contribution is 0.0406. The van der Waals surface area contributed by atoms with E-state index >= 15 is 0 Å². The van der Waals surface area contributed by atoms with Gasteiger partial charge in [-0.3, -0.25) is 0 Å². The fourth-order valence-electron chi connectivity index (χ4n) is 2.24. The number of benzene rings is 1. The van der Waals surface area contributed by atoms with E-state index in [1.54, 1.807) is 4.90 Å². The van der Waals surface area contributed by atoms with Gasteiger partial charge in [0, 0.05) is 6.54 Å². The molecule has 3 nitrogen and oxygen atoms in total. The maximum absolute atomic E-state index is 11.8. The Hall–Kier alpha value is -1.77. The van der Waals surface area contributed by atoms with Crippen molar-refractivity contribution in [3.8, 4) is 0 Å². The van der Waals surface area contributed by atoms with E-state index in [1.165, 1.54) is 11.1 Å². The van der Waals surface area contributed by atoms with Crippen LogP contribution < -0.4 is 0 Å². The van der Waals surface area contributed by atoms with Gasteiger partial charge in [0.05, 0.1) is 6.04 Å². The molecule has 1 aliphatic rings. The Morgan fingerprint density at radius 1 is 1.38 bits per heavy atom. The molecule has 1 aromatic carbocycles. The van der Waals surface area contributed by atoms with Crippen molar-refractivity contribution in [2.45, 2.75) is 52.2 Å². The van der Waals surface area contributed by atoms with Crippen LogP contribution in [0.5, 0.6) is 0 Å². The topological polar surface area (TPSA) is 29.3 Å². The minimum atomic E-state index is -0.408. The standard InChI is InChI=1S/C18H25NO2/c1-14-9-5-6-10-15(14)11-7-8-12-16-13-19(16)17(20)21-18(2,3)4/h5-7,9-11,16H,8,12-13H2,1-4H3/b11-7+/t16-,19?/m0/s1. The van der Waals surface area contributed by atoms with Crippen LogP contribution in [0, 0.1) is 6.92 Å². The molecule has 3 heteroatoms. The van der Waals surface area contributed by atoms with Gasteiger partial charge in [-0.05, 0) is 51.7 Å². The molecule has 0 unspecified atom stereocenters. The Bertz CT molecular complexity index is 528. The zero-order valence-electron chi connectivity index (χ0n) is 13.4. The number of ether oxygens (including phenoxy) is 1. The molecule has 21 heavy (non-hydrogen) atoms. The van der Waals surface area contributed by atoms with Gasteiger partial charge in [-0.25, -0.2) is 4.79 Å². The normalized spacial score (nSPS) is 18.1. The molecular weight excluding hydrogens is 262 g/mol. The van der Waals surface area contributed by atoms with Crippen LogP contribution in [0.2, 0.25) is 0 Å². The van der Waals surface area contributed by atoms with Crippen molar-refractivity contribution < 1.29 is 9.53 Å². The first-order valence-electron chi connectivity index (χ1n) is 7.58. The molecule has 2 rings (SSSR count). The van der Waals surface area contributed by atoms with Gasteiger partial charge in [-0.15, -0.1) is 0 Å². The van der Waals surface area contributed by atoms with E-state index in [0.29, 0.717) is 6.04 Å². The first-order chi connectivity index (χ1) is 9.87. The van der Waals surface area contributed by atoms with E-state index in [-0.39, 0.29) is 6.09 Å². The van der Waals surface area contributed by atoms with Crippen LogP contribution in [-0.4, -0.2) is 29.2 Å². The highest BCUT2D eigenvalue weighted by Crippen LogP contribution is 2.25. The number of nitrogens with zero attached hydrogens (tertiary/aromatic N) is 1. The number of aryl methyl sites for hydroxylation is 1. The zero-order valence-corrected chi connectivity index (χ0v) is 13.4. The minimum Gasteiger partial charge on any atom is -0.444 e. The molecule has 0 bridgehead atoms. The largest absolute Gasteiger partial charge is 0.444 e. The Kier molecular flexibility index (Phi) is 4.71. The van der Waals surface area contributed by atoms with E-state index in [4.69, 9.17) is 4.74 Å². The lowest BCUT2D eigenvalue weighted by Gasteiger charge is -2.19. The summed E-state index contributed by atoms with van der Waals surface area (Å²) in [5, 5.41) is 0. The van der Waals surface area contributed by atoms with Crippen LogP contribution in [0.4, 0.5) is 4.79 Å². The number of carbonyl (C=O) groups is 1. The minimum absolute atomic E-state index is 0.185. The second-order valence-electron chi connectivity index (χ2n) is 6.62. The summed E-state index contributed by atoms with van der Waals surface area (Å²) in [6, 6.07) is 8.69. The number of hydrogen-bond acceptors (Lipinski definition) is 2. The van der Waals surface area contributed by atoms with Gasteiger partial charge in [0.15, 0.2) is 0 Å². The highest BCUT2D eigenvalue weighted by Gasteiger charge is 2.40. The van der Waals surface area contributed by atoms with Crippen molar-refractivity contribution in [1.82, 2.24) is 4.90 Å². The van der Waals surface area contributed by atoms with Gasteiger partial charge in [-0.1, -0.05) is 36.4 Å². The molecule has 0 radical (unpaired) electrons. The van der Waals surface area contributed by atoms with E-state index in [2.05, 4.69) is 43.3 Å². The molecule has 1 aromatic rings. The smallest absolute Gasteiger partial charge is 0.410 e. The maximum atomic E-state index is 11.8. The van der Waals surface area contributed by atoms with Crippen molar-refractivity contribution in [1.29, 1.82) is 0 Å². The summed E-state index contributed by atoms with van der Waals surface area (Å²) in [7, 11) is 0. The van der Waals surface area contributed by atoms with Crippen molar-refractivity contribution in [3.63, 3.8) is 0 Å². The molecule has 0 N–H and O–H groups in total. The summed E-state index contributed by atoms with van der Waals surface area (Å²) >= 11 is 0. The first-order valence-corrected chi connectivity index (χ1v) is 7.58. The molecule has 1 heterocycles. The van der Waals surface area contributed by atoms with Gasteiger partial charge in [-0.2, -0.15) is 0 Å². The first kappa shape index (κ1) is 15.6. The molecule has 1 amide bonds. The molecule has 1 saturated heterocycles. The molecule has 1 aliphatic heterocycles. The predicted molar refractivity (Wildman–Crippen MR) is 86.2 cm³/mol. The SMILES string of the molecule is Cc1ccccc1/C=C/CC[C@H]1CN1C(=O)OC(C)(C)C. The average molecular weight is 287 g/mol. The highest BCUT2D eigenvalue weighted by atomic mass is 16.6. The predicted octanol–water partition coefficient (Wildman–Crippen LogP) is 4.41. The summed E-state index contributed by atoms with van der Waals surface area (Å²) in [6.07, 6.45) is 6.15. The molecule has 114 valence electrons. The maximum Gasteiger partial charge on any atom is 0.410 e. The van der Waals surface area contributed by atoms with E-state index < -0.39 is 5.60 Å². The molecular formula is C18H25NO2. The number of carbonyl (C=O) groups excluding carboxylic acids is 1. The fraction of sp³-hybridized carbons (Fsp3) is 0.500. The van der Waals surface area contributed by atoms with Crippen LogP contribution in [-0.2, 0) is 4.74 Å². The number of amides is 1. The van der Waals surface area contributed by atoms with Crippen molar-refractivity contribution >= 4 is 12.2 Å². The van der Waals surface area contributed by atoms with Gasteiger partial charge in [0.1, 0.15) is 5.60 Å². The number of hydrogen-bond donors (Lipinski definition) is 0. The number of allylic oxidation sites excluding steroid dienone is 1. The molecule has 1 fully saturated rings. The van der Waals surface area contributed by atoms with Crippen LogP contribution in [0.15, 0.2) is 30.3 Å². The summed E-state index contributed by atoms with van der Waals surface area (Å²) in [5.74, 6) is 0. The zero-order chi connectivity index (χ0) is 15.5. The Balaban J connectivity index is 1.72. The Labute approximate surface area is 127 Å². The third-order valence-electron chi connectivity index (χ3n) is 3.50. The molecule has 0 aliphatic carbocycles. The lowest BCUT2D eigenvalue weighted by atomic mass is 10.1. The van der Waals surface area contributed by atoms with Crippen molar-refractivity contribution in [3.05, 3.63) is 41.5 Å². The molecule has 0 spiro atoms. The molecule has 0 saturated carbocycles. The second kappa shape index (κ2) is 6.33. The van der Waals surface area contributed by atoms with Crippen LogP contribution in [0.3, 0.4) is 0 Å². The Morgan fingerprint density at radius 3 is 2.76 bits per heavy atom. The molecule has 0 aromatic heterocycles. The fourth-order valence-corrected chi connectivity index (χ4v) is 2.24. The van der Waals surface area contributed by atoms with Gasteiger partial charge >= 0.3 is 6.09 Å². The lowest BCUT2D eigenvalue weighted by Crippen LogP contribution is -2.27. The monoisotopic (exact) mass is 287 g/mol. The van der Waals surface area contributed by atoms with Crippen LogP contribution in [0.1, 0.15) is 44.7 Å². The summed E-state index contributed by atoms with van der Waals surface area (Å²) < 4.78 is 5.35. The highest BCUT2D eigenvalue weighted by molar-refractivity contribution is 5.71. The third kappa shape index (κ3) is 4.92. The second-order valence-corrected chi connectivity index (χ2v) is 6.62. The molecule has 1 atom stereocenters. The summed E-state index contributed by atoms with van der Waals surface area (Å²) in [5.41, 5.74) is 2.14. The van der Waals surface area contributed by atoms with Crippen molar-refractivity contribution in [2.75, 3.05) is 6.54 Å². The average Bonchev–Trinajstić information content (AvgIpc) is 3.14. The van der Waals surface area contributed by atoms with Gasteiger partial charge in [0.2, 0.25) is 0 Å². The Morgan fingerprint density at radius 2 is 2.10 bits per heavy atom. The van der Waals surface area contributed by atoms with Gasteiger partial charge < -0.3 is 9.64 Å².